The molecule has 0 aliphatic heterocycles. The zero-order chi connectivity index (χ0) is 12.7. The van der Waals surface area contributed by atoms with Crippen LogP contribution in [-0.4, -0.2) is 24.4 Å². The van der Waals surface area contributed by atoms with Gasteiger partial charge < -0.3 is 10.5 Å². The molecule has 0 amide bonds. The maximum absolute atomic E-state index is 11.3. The zero-order valence-corrected chi connectivity index (χ0v) is 12.1. The minimum Gasteiger partial charge on any atom is -0.465 e. The first kappa shape index (κ1) is 14.5. The monoisotopic (exact) mass is 317 g/mol. The van der Waals surface area contributed by atoms with E-state index in [9.17, 15) is 4.79 Å². The van der Waals surface area contributed by atoms with Gasteiger partial charge in [0.2, 0.25) is 0 Å². The molecule has 0 heterocycles. The van der Waals surface area contributed by atoms with E-state index in [0.717, 1.165) is 10.2 Å². The fourth-order valence-electron chi connectivity index (χ4n) is 1.23. The normalized spacial score (nSPS) is 12.2. The van der Waals surface area contributed by atoms with Gasteiger partial charge in [-0.3, -0.25) is 4.79 Å². The second kappa shape index (κ2) is 7.74. The molecule has 0 saturated carbocycles. The van der Waals surface area contributed by atoms with Gasteiger partial charge in [-0.25, -0.2) is 0 Å². The number of ether oxygens (including phenoxy) is 1. The number of rotatable bonds is 6. The molecule has 17 heavy (non-hydrogen) atoms. The molecule has 1 atom stereocenters. The Balaban J connectivity index is 2.33. The summed E-state index contributed by atoms with van der Waals surface area (Å²) in [6.07, 6.45) is 0. The van der Waals surface area contributed by atoms with Crippen LogP contribution in [-0.2, 0) is 15.3 Å². The fraction of sp³-hybridized carbons (Fsp3) is 0.417. The summed E-state index contributed by atoms with van der Waals surface area (Å²) in [7, 11) is 0. The molecular formula is C12H16BrNO2S. The van der Waals surface area contributed by atoms with E-state index in [1.165, 1.54) is 5.56 Å². The van der Waals surface area contributed by atoms with E-state index in [1.807, 2.05) is 24.3 Å². The van der Waals surface area contributed by atoms with Crippen LogP contribution < -0.4 is 5.73 Å². The van der Waals surface area contributed by atoms with Crippen LogP contribution >= 0.6 is 27.7 Å². The quantitative estimate of drug-likeness (QED) is 0.819. The van der Waals surface area contributed by atoms with Crippen molar-refractivity contribution in [3.63, 3.8) is 0 Å². The summed E-state index contributed by atoms with van der Waals surface area (Å²) in [6.45, 7) is 2.15. The largest absolute Gasteiger partial charge is 0.465 e. The van der Waals surface area contributed by atoms with Gasteiger partial charge in [0, 0.05) is 16.0 Å². The maximum Gasteiger partial charge on any atom is 0.323 e. The summed E-state index contributed by atoms with van der Waals surface area (Å²) in [6, 6.07) is 7.48. The predicted molar refractivity (Wildman–Crippen MR) is 74.9 cm³/mol. The number of carbonyl (C=O) groups is 1. The minimum atomic E-state index is -0.539. The molecular weight excluding hydrogens is 302 g/mol. The molecule has 0 aliphatic rings. The van der Waals surface area contributed by atoms with Crippen molar-refractivity contribution in [1.82, 2.24) is 0 Å². The van der Waals surface area contributed by atoms with Crippen LogP contribution in [0.4, 0.5) is 0 Å². The molecule has 0 fully saturated rings. The number of hydrogen-bond donors (Lipinski definition) is 1. The van der Waals surface area contributed by atoms with Gasteiger partial charge in [-0.15, -0.1) is 0 Å². The molecule has 1 aromatic carbocycles. The highest BCUT2D eigenvalue weighted by Gasteiger charge is 2.14. The van der Waals surface area contributed by atoms with Crippen LogP contribution in [0, 0.1) is 0 Å². The molecule has 0 radical (unpaired) electrons. The first-order chi connectivity index (χ1) is 8.15. The fourth-order valence-corrected chi connectivity index (χ4v) is 2.82. The lowest BCUT2D eigenvalue weighted by Crippen LogP contribution is -2.34. The third kappa shape index (κ3) is 5.10. The predicted octanol–water partition coefficient (Wildman–Crippen LogP) is 2.57. The van der Waals surface area contributed by atoms with Crippen molar-refractivity contribution in [2.45, 2.75) is 18.7 Å². The summed E-state index contributed by atoms with van der Waals surface area (Å²) >= 11 is 5.11. The topological polar surface area (TPSA) is 52.3 Å². The second-order valence-corrected chi connectivity index (χ2v) is 5.35. The van der Waals surface area contributed by atoms with Crippen molar-refractivity contribution >= 4 is 33.7 Å². The highest BCUT2D eigenvalue weighted by Crippen LogP contribution is 2.21. The van der Waals surface area contributed by atoms with Crippen molar-refractivity contribution in [2.75, 3.05) is 12.4 Å². The van der Waals surface area contributed by atoms with Gasteiger partial charge >= 0.3 is 5.97 Å². The average molecular weight is 318 g/mol. The lowest BCUT2D eigenvalue weighted by molar-refractivity contribution is -0.144. The first-order valence-corrected chi connectivity index (χ1v) is 7.33. The van der Waals surface area contributed by atoms with Gasteiger partial charge in [0.05, 0.1) is 6.61 Å². The first-order valence-electron chi connectivity index (χ1n) is 5.38. The third-order valence-corrected chi connectivity index (χ3v) is 3.99. The molecule has 5 heteroatoms. The Morgan fingerprint density at radius 2 is 2.24 bits per heavy atom. The molecule has 1 rings (SSSR count). The van der Waals surface area contributed by atoms with Gasteiger partial charge in [-0.1, -0.05) is 34.1 Å². The summed E-state index contributed by atoms with van der Waals surface area (Å²) in [5.41, 5.74) is 6.90. The number of halogens is 1. The molecule has 0 spiro atoms. The average Bonchev–Trinajstić information content (AvgIpc) is 2.31. The zero-order valence-electron chi connectivity index (χ0n) is 9.69. The number of benzene rings is 1. The standard InChI is InChI=1S/C12H16BrNO2S/c1-2-16-12(15)11(14)8-17-7-9-5-3-4-6-10(9)13/h3-6,11H,2,7-8,14H2,1H3/t11-/m0/s1. The van der Waals surface area contributed by atoms with Gasteiger partial charge in [-0.05, 0) is 18.6 Å². The number of hydrogen-bond acceptors (Lipinski definition) is 4. The Labute approximate surface area is 114 Å². The van der Waals surface area contributed by atoms with Crippen molar-refractivity contribution in [2.24, 2.45) is 5.73 Å². The lowest BCUT2D eigenvalue weighted by Gasteiger charge is -2.10. The number of esters is 1. The molecule has 1 aromatic rings. The van der Waals surface area contributed by atoms with E-state index in [1.54, 1.807) is 18.7 Å². The molecule has 0 aliphatic carbocycles. The lowest BCUT2D eigenvalue weighted by atomic mass is 10.2. The minimum absolute atomic E-state index is 0.327. The number of thioether (sulfide) groups is 1. The van der Waals surface area contributed by atoms with Crippen LogP contribution in [0.5, 0.6) is 0 Å². The van der Waals surface area contributed by atoms with E-state index >= 15 is 0 Å². The highest BCUT2D eigenvalue weighted by molar-refractivity contribution is 9.10. The molecule has 0 bridgehead atoms. The summed E-state index contributed by atoms with van der Waals surface area (Å²) in [4.78, 5) is 11.3. The summed E-state index contributed by atoms with van der Waals surface area (Å²) in [5.74, 6) is 1.07. The Bertz CT molecular complexity index is 373. The second-order valence-electron chi connectivity index (χ2n) is 3.47. The Morgan fingerprint density at radius 3 is 2.88 bits per heavy atom. The van der Waals surface area contributed by atoms with Crippen LogP contribution in [0.1, 0.15) is 12.5 Å². The van der Waals surface area contributed by atoms with Crippen LogP contribution in [0.15, 0.2) is 28.7 Å². The number of nitrogens with two attached hydrogens (primary N) is 1. The van der Waals surface area contributed by atoms with E-state index < -0.39 is 6.04 Å². The van der Waals surface area contributed by atoms with Gasteiger partial charge in [0.1, 0.15) is 6.04 Å². The Morgan fingerprint density at radius 1 is 1.53 bits per heavy atom. The third-order valence-electron chi connectivity index (χ3n) is 2.10. The molecule has 0 saturated heterocycles. The molecule has 0 aromatic heterocycles. The van der Waals surface area contributed by atoms with Crippen molar-refractivity contribution < 1.29 is 9.53 Å². The van der Waals surface area contributed by atoms with Gasteiger partial charge in [0.25, 0.3) is 0 Å². The van der Waals surface area contributed by atoms with Gasteiger partial charge in [0.15, 0.2) is 0 Å². The van der Waals surface area contributed by atoms with E-state index in [2.05, 4.69) is 15.9 Å². The van der Waals surface area contributed by atoms with Crippen LogP contribution in [0.2, 0.25) is 0 Å². The van der Waals surface area contributed by atoms with Crippen LogP contribution in [0.3, 0.4) is 0 Å². The van der Waals surface area contributed by atoms with Crippen molar-refractivity contribution in [3.8, 4) is 0 Å². The number of carbonyl (C=O) groups excluding carboxylic acids is 1. The molecule has 3 nitrogen and oxygen atoms in total. The van der Waals surface area contributed by atoms with Crippen molar-refractivity contribution in [3.05, 3.63) is 34.3 Å². The van der Waals surface area contributed by atoms with E-state index in [4.69, 9.17) is 10.5 Å². The highest BCUT2D eigenvalue weighted by atomic mass is 79.9. The summed E-state index contributed by atoms with van der Waals surface area (Å²) in [5, 5.41) is 0. The molecule has 2 N–H and O–H groups in total. The smallest absolute Gasteiger partial charge is 0.323 e. The van der Waals surface area contributed by atoms with Gasteiger partial charge in [-0.2, -0.15) is 11.8 Å². The van der Waals surface area contributed by atoms with E-state index in [0.29, 0.717) is 12.4 Å². The summed E-state index contributed by atoms with van der Waals surface area (Å²) < 4.78 is 5.92. The Kier molecular flexibility index (Phi) is 6.62. The SMILES string of the molecule is CCOC(=O)[C@@H](N)CSCc1ccccc1Br. The maximum atomic E-state index is 11.3. The van der Waals surface area contributed by atoms with Crippen LogP contribution in [0.25, 0.3) is 0 Å². The van der Waals surface area contributed by atoms with E-state index in [-0.39, 0.29) is 5.97 Å². The Hall–Kier alpha value is -0.520. The molecule has 94 valence electrons. The molecule has 0 unspecified atom stereocenters. The van der Waals surface area contributed by atoms with Crippen molar-refractivity contribution in [1.29, 1.82) is 0 Å².